The summed E-state index contributed by atoms with van der Waals surface area (Å²) in [6.07, 6.45) is 0. The minimum absolute atomic E-state index is 0.187. The third-order valence-corrected chi connectivity index (χ3v) is 6.31. The summed E-state index contributed by atoms with van der Waals surface area (Å²) in [6.45, 7) is 0.281. The number of methoxy groups -OCH3 is 1. The van der Waals surface area contributed by atoms with Crippen molar-refractivity contribution in [2.24, 2.45) is 0 Å². The van der Waals surface area contributed by atoms with Crippen LogP contribution in [0.3, 0.4) is 0 Å². The summed E-state index contributed by atoms with van der Waals surface area (Å²) in [4.78, 5) is 11.3. The zero-order chi connectivity index (χ0) is 15.4. The molecular formula is C16H16O4S2. The number of hydrogen-bond donors (Lipinski definition) is 0. The molecule has 1 aromatic carbocycles. The van der Waals surface area contributed by atoms with E-state index in [2.05, 4.69) is 16.9 Å². The Kier molecular flexibility index (Phi) is 5.00. The summed E-state index contributed by atoms with van der Waals surface area (Å²) in [5.74, 6) is 3.51. The first-order valence-corrected chi connectivity index (χ1v) is 8.99. The van der Waals surface area contributed by atoms with Gasteiger partial charge < -0.3 is 13.9 Å². The third kappa shape index (κ3) is 3.62. The molecule has 1 fully saturated rings. The number of carbonyl (C=O) groups excluding carboxylic acids is 1. The second kappa shape index (κ2) is 7.15. The average Bonchev–Trinajstić information content (AvgIpc) is 3.24. The first-order chi connectivity index (χ1) is 10.8. The van der Waals surface area contributed by atoms with Gasteiger partial charge in [0.05, 0.1) is 11.7 Å². The molecule has 116 valence electrons. The van der Waals surface area contributed by atoms with Gasteiger partial charge in [-0.25, -0.2) is 4.79 Å². The van der Waals surface area contributed by atoms with Gasteiger partial charge in [0.1, 0.15) is 18.1 Å². The quantitative estimate of drug-likeness (QED) is 0.765. The van der Waals surface area contributed by atoms with E-state index in [9.17, 15) is 4.79 Å². The third-order valence-electron chi connectivity index (χ3n) is 3.20. The van der Waals surface area contributed by atoms with Crippen LogP contribution in [0.1, 0.15) is 26.5 Å². The van der Waals surface area contributed by atoms with Crippen molar-refractivity contribution in [3.8, 4) is 5.75 Å². The molecule has 0 spiro atoms. The minimum Gasteiger partial charge on any atom is -0.486 e. The summed E-state index contributed by atoms with van der Waals surface area (Å²) >= 11 is 3.96. The number of esters is 1. The van der Waals surface area contributed by atoms with Gasteiger partial charge in [0.15, 0.2) is 0 Å². The molecule has 0 aliphatic carbocycles. The first-order valence-electron chi connectivity index (χ1n) is 6.89. The van der Waals surface area contributed by atoms with Crippen LogP contribution in [0.2, 0.25) is 0 Å². The Labute approximate surface area is 137 Å². The van der Waals surface area contributed by atoms with Crippen molar-refractivity contribution in [2.45, 2.75) is 11.2 Å². The van der Waals surface area contributed by atoms with Crippen LogP contribution in [0.5, 0.6) is 5.75 Å². The normalized spacial score (nSPS) is 15.0. The van der Waals surface area contributed by atoms with E-state index in [0.717, 1.165) is 5.75 Å². The second-order valence-corrected chi connectivity index (χ2v) is 7.41. The number of carbonyl (C=O) groups is 1. The summed E-state index contributed by atoms with van der Waals surface area (Å²) in [5, 5.41) is 0. The zero-order valence-electron chi connectivity index (χ0n) is 12.1. The van der Waals surface area contributed by atoms with Crippen molar-refractivity contribution < 1.29 is 18.7 Å². The predicted molar refractivity (Wildman–Crippen MR) is 88.5 cm³/mol. The van der Waals surface area contributed by atoms with Gasteiger partial charge in [0.25, 0.3) is 0 Å². The number of thioether (sulfide) groups is 2. The van der Waals surface area contributed by atoms with Crippen LogP contribution in [0, 0.1) is 0 Å². The molecule has 0 N–H and O–H groups in total. The number of furan rings is 1. The van der Waals surface area contributed by atoms with Crippen molar-refractivity contribution in [2.75, 3.05) is 18.6 Å². The fourth-order valence-electron chi connectivity index (χ4n) is 2.09. The Morgan fingerprint density at radius 3 is 2.59 bits per heavy atom. The molecule has 0 amide bonds. The van der Waals surface area contributed by atoms with Crippen molar-refractivity contribution in [3.05, 3.63) is 53.5 Å². The molecule has 4 nitrogen and oxygen atoms in total. The Morgan fingerprint density at radius 1 is 1.18 bits per heavy atom. The largest absolute Gasteiger partial charge is 0.486 e. The Balaban J connectivity index is 1.57. The SMILES string of the molecule is COC(=O)c1ccc(COc2ccc(C3SCCS3)cc2)o1. The fraction of sp³-hybridized carbons (Fsp3) is 0.312. The van der Waals surface area contributed by atoms with E-state index in [0.29, 0.717) is 10.3 Å². The van der Waals surface area contributed by atoms with Gasteiger partial charge in [-0.15, -0.1) is 23.5 Å². The van der Waals surface area contributed by atoms with Crippen LogP contribution in [0.15, 0.2) is 40.8 Å². The van der Waals surface area contributed by atoms with Gasteiger partial charge in [-0.2, -0.15) is 0 Å². The predicted octanol–water partition coefficient (Wildman–Crippen LogP) is 4.12. The molecule has 0 bridgehead atoms. The van der Waals surface area contributed by atoms with Crippen LogP contribution in [-0.4, -0.2) is 24.6 Å². The van der Waals surface area contributed by atoms with E-state index in [4.69, 9.17) is 9.15 Å². The van der Waals surface area contributed by atoms with Crippen LogP contribution in [0.25, 0.3) is 0 Å². The fourth-order valence-corrected chi connectivity index (χ4v) is 4.95. The van der Waals surface area contributed by atoms with E-state index in [-0.39, 0.29) is 12.4 Å². The van der Waals surface area contributed by atoms with Gasteiger partial charge in [0, 0.05) is 11.5 Å². The molecule has 1 aliphatic rings. The van der Waals surface area contributed by atoms with Crippen molar-refractivity contribution >= 4 is 29.5 Å². The lowest BCUT2D eigenvalue weighted by Gasteiger charge is -2.09. The summed E-state index contributed by atoms with van der Waals surface area (Å²) in [6, 6.07) is 11.5. The van der Waals surface area contributed by atoms with Crippen LogP contribution >= 0.6 is 23.5 Å². The highest BCUT2D eigenvalue weighted by Gasteiger charge is 2.18. The molecule has 0 saturated carbocycles. The van der Waals surface area contributed by atoms with E-state index < -0.39 is 5.97 Å². The Bertz CT molecular complexity index is 630. The van der Waals surface area contributed by atoms with Crippen molar-refractivity contribution in [1.82, 2.24) is 0 Å². The number of hydrogen-bond acceptors (Lipinski definition) is 6. The van der Waals surface area contributed by atoms with Crippen LogP contribution < -0.4 is 4.74 Å². The van der Waals surface area contributed by atoms with Crippen LogP contribution in [0.4, 0.5) is 0 Å². The Morgan fingerprint density at radius 2 is 1.91 bits per heavy atom. The van der Waals surface area contributed by atoms with Gasteiger partial charge in [-0.1, -0.05) is 12.1 Å². The average molecular weight is 336 g/mol. The molecule has 2 aromatic rings. The standard InChI is InChI=1S/C16H16O4S2/c1-18-15(17)14-7-6-13(20-14)10-19-12-4-2-11(3-5-12)16-21-8-9-22-16/h2-7,16H,8-10H2,1H3. The highest BCUT2D eigenvalue weighted by atomic mass is 32.2. The number of rotatable bonds is 5. The lowest BCUT2D eigenvalue weighted by molar-refractivity contribution is 0.0561. The molecule has 1 saturated heterocycles. The first kappa shape index (κ1) is 15.4. The minimum atomic E-state index is -0.484. The van der Waals surface area contributed by atoms with E-state index in [1.165, 1.54) is 24.2 Å². The van der Waals surface area contributed by atoms with Gasteiger partial charge in [0.2, 0.25) is 5.76 Å². The molecule has 0 unspecified atom stereocenters. The molecule has 2 heterocycles. The van der Waals surface area contributed by atoms with Gasteiger partial charge in [-0.3, -0.25) is 0 Å². The molecule has 1 aromatic heterocycles. The maximum absolute atomic E-state index is 11.3. The lowest BCUT2D eigenvalue weighted by Crippen LogP contribution is -1.99. The van der Waals surface area contributed by atoms with Crippen molar-refractivity contribution in [3.63, 3.8) is 0 Å². The lowest BCUT2D eigenvalue weighted by atomic mass is 10.2. The van der Waals surface area contributed by atoms with Crippen molar-refractivity contribution in [1.29, 1.82) is 0 Å². The number of benzene rings is 1. The van der Waals surface area contributed by atoms with E-state index >= 15 is 0 Å². The highest BCUT2D eigenvalue weighted by molar-refractivity contribution is 8.19. The molecule has 6 heteroatoms. The highest BCUT2D eigenvalue weighted by Crippen LogP contribution is 2.45. The summed E-state index contributed by atoms with van der Waals surface area (Å²) in [5.41, 5.74) is 1.32. The monoisotopic (exact) mass is 336 g/mol. The smallest absolute Gasteiger partial charge is 0.373 e. The Hall–Kier alpha value is -1.53. The molecule has 22 heavy (non-hydrogen) atoms. The zero-order valence-corrected chi connectivity index (χ0v) is 13.7. The summed E-state index contributed by atoms with van der Waals surface area (Å²) in [7, 11) is 1.32. The molecule has 3 rings (SSSR count). The van der Waals surface area contributed by atoms with Gasteiger partial charge >= 0.3 is 5.97 Å². The topological polar surface area (TPSA) is 48.7 Å². The maximum Gasteiger partial charge on any atom is 0.373 e. The van der Waals surface area contributed by atoms with Gasteiger partial charge in [-0.05, 0) is 29.8 Å². The van der Waals surface area contributed by atoms with E-state index in [1.807, 2.05) is 35.7 Å². The molecular weight excluding hydrogens is 320 g/mol. The number of ether oxygens (including phenoxy) is 2. The summed E-state index contributed by atoms with van der Waals surface area (Å²) < 4.78 is 16.2. The molecule has 1 aliphatic heterocycles. The molecule has 0 radical (unpaired) electrons. The van der Waals surface area contributed by atoms with E-state index in [1.54, 1.807) is 12.1 Å². The van der Waals surface area contributed by atoms with Crippen LogP contribution in [-0.2, 0) is 11.3 Å². The second-order valence-electron chi connectivity index (χ2n) is 4.69. The maximum atomic E-state index is 11.3. The molecule has 0 atom stereocenters.